The maximum Gasteiger partial charge on any atom is 0.413 e. The molecule has 1 saturated heterocycles. The minimum atomic E-state index is -1.00. The fourth-order valence-corrected chi connectivity index (χ4v) is 5.21. The number of thioether (sulfide) groups is 1. The number of nitrogens with one attached hydrogen (secondary N) is 1. The lowest BCUT2D eigenvalue weighted by molar-refractivity contribution is 0.199. The standard InChI is InChI=1S/C23H25BrN4O3S/c1-31-20-7-6-17(24)12-16(20)14-32-22-21(26-18-4-2-3-5-19(18)27-22)28(23(29)30)13-15-8-10-25-11-9-15/h2-7,12,15,25H,8-11,13-14H2,1H3,(H,29,30). The van der Waals surface area contributed by atoms with Crippen LogP contribution >= 0.6 is 27.7 Å². The molecule has 0 aliphatic carbocycles. The molecule has 0 bridgehead atoms. The second-order valence-electron chi connectivity index (χ2n) is 7.67. The Labute approximate surface area is 199 Å². The molecule has 0 unspecified atom stereocenters. The van der Waals surface area contributed by atoms with Gasteiger partial charge in [0.25, 0.3) is 0 Å². The van der Waals surface area contributed by atoms with E-state index in [9.17, 15) is 9.90 Å². The number of fused-ring (bicyclic) bond motifs is 1. The van der Waals surface area contributed by atoms with E-state index >= 15 is 0 Å². The maximum atomic E-state index is 12.3. The van der Waals surface area contributed by atoms with Crippen LogP contribution in [0.2, 0.25) is 0 Å². The molecule has 0 spiro atoms. The number of nitrogens with zero attached hydrogens (tertiary/aromatic N) is 3. The maximum absolute atomic E-state index is 12.3. The van der Waals surface area contributed by atoms with Gasteiger partial charge < -0.3 is 15.2 Å². The highest BCUT2D eigenvalue weighted by Gasteiger charge is 2.26. The Morgan fingerprint density at radius 2 is 1.94 bits per heavy atom. The van der Waals surface area contributed by atoms with E-state index in [1.807, 2.05) is 42.5 Å². The van der Waals surface area contributed by atoms with E-state index in [0.717, 1.165) is 47.2 Å². The van der Waals surface area contributed by atoms with Gasteiger partial charge in [0.15, 0.2) is 5.82 Å². The Bertz CT molecular complexity index is 1110. The molecule has 9 heteroatoms. The molecule has 7 nitrogen and oxygen atoms in total. The van der Waals surface area contributed by atoms with Gasteiger partial charge in [0.1, 0.15) is 10.8 Å². The highest BCUT2D eigenvalue weighted by Crippen LogP contribution is 2.35. The lowest BCUT2D eigenvalue weighted by Crippen LogP contribution is -2.39. The average Bonchev–Trinajstić information content (AvgIpc) is 2.81. The zero-order chi connectivity index (χ0) is 22.5. The lowest BCUT2D eigenvalue weighted by atomic mass is 9.98. The Hall–Kier alpha value is -2.36. The van der Waals surface area contributed by atoms with Gasteiger partial charge in [-0.2, -0.15) is 0 Å². The van der Waals surface area contributed by atoms with E-state index in [0.29, 0.717) is 34.6 Å². The molecule has 32 heavy (non-hydrogen) atoms. The first kappa shape index (κ1) is 22.8. The first-order valence-electron chi connectivity index (χ1n) is 10.5. The van der Waals surface area contributed by atoms with Crippen LogP contribution < -0.4 is 15.0 Å². The van der Waals surface area contributed by atoms with Crippen molar-refractivity contribution in [1.29, 1.82) is 0 Å². The van der Waals surface area contributed by atoms with E-state index in [-0.39, 0.29) is 0 Å². The number of amides is 1. The molecular weight excluding hydrogens is 492 g/mol. The van der Waals surface area contributed by atoms with Gasteiger partial charge in [-0.1, -0.05) is 39.8 Å². The van der Waals surface area contributed by atoms with Crippen LogP contribution in [0.5, 0.6) is 5.75 Å². The molecule has 1 aromatic heterocycles. The number of hydrogen-bond donors (Lipinski definition) is 2. The molecule has 1 amide bonds. The first-order chi connectivity index (χ1) is 15.5. The van der Waals surface area contributed by atoms with Crippen LogP contribution in [0.15, 0.2) is 52.0 Å². The predicted molar refractivity (Wildman–Crippen MR) is 131 cm³/mol. The number of methoxy groups -OCH3 is 1. The lowest BCUT2D eigenvalue weighted by Gasteiger charge is -2.28. The van der Waals surface area contributed by atoms with Crippen molar-refractivity contribution in [3.05, 3.63) is 52.5 Å². The zero-order valence-electron chi connectivity index (χ0n) is 17.8. The van der Waals surface area contributed by atoms with E-state index < -0.39 is 6.09 Å². The summed E-state index contributed by atoms with van der Waals surface area (Å²) in [7, 11) is 1.64. The quantitative estimate of drug-likeness (QED) is 0.418. The Balaban J connectivity index is 1.69. The normalized spacial score (nSPS) is 14.4. The number of aromatic nitrogens is 2. The zero-order valence-corrected chi connectivity index (χ0v) is 20.2. The summed E-state index contributed by atoms with van der Waals surface area (Å²) in [4.78, 5) is 23.2. The van der Waals surface area contributed by atoms with Crippen LogP contribution in [0.4, 0.5) is 10.6 Å². The molecule has 1 fully saturated rings. The topological polar surface area (TPSA) is 87.6 Å². The number of carbonyl (C=O) groups is 1. The van der Waals surface area contributed by atoms with Gasteiger partial charge in [0.2, 0.25) is 0 Å². The van der Waals surface area contributed by atoms with Gasteiger partial charge in [0, 0.05) is 22.3 Å². The van der Waals surface area contributed by atoms with Crippen molar-refractivity contribution in [3.8, 4) is 5.75 Å². The number of halogens is 1. The molecule has 168 valence electrons. The summed E-state index contributed by atoms with van der Waals surface area (Å²) in [5.74, 6) is 2.04. The highest BCUT2D eigenvalue weighted by molar-refractivity contribution is 9.10. The van der Waals surface area contributed by atoms with Crippen LogP contribution in [0.1, 0.15) is 18.4 Å². The summed E-state index contributed by atoms with van der Waals surface area (Å²) in [6, 6.07) is 13.4. The summed E-state index contributed by atoms with van der Waals surface area (Å²) >= 11 is 4.98. The average molecular weight is 517 g/mol. The van der Waals surface area contributed by atoms with Crippen LogP contribution in [-0.2, 0) is 5.75 Å². The van der Waals surface area contributed by atoms with Gasteiger partial charge in [-0.15, -0.1) is 0 Å². The Morgan fingerprint density at radius 1 is 1.22 bits per heavy atom. The van der Waals surface area contributed by atoms with Crippen molar-refractivity contribution in [3.63, 3.8) is 0 Å². The Kier molecular flexibility index (Phi) is 7.49. The minimum absolute atomic E-state index is 0.295. The second-order valence-corrected chi connectivity index (χ2v) is 9.55. The third kappa shape index (κ3) is 5.33. The van der Waals surface area contributed by atoms with Crippen LogP contribution in [0, 0.1) is 5.92 Å². The molecule has 1 aliphatic rings. The molecule has 2 N–H and O–H groups in total. The SMILES string of the molecule is COc1ccc(Br)cc1CSc1nc2ccccc2nc1N(CC1CCNCC1)C(=O)O. The van der Waals surface area contributed by atoms with E-state index in [2.05, 4.69) is 21.2 Å². The number of para-hydroxylation sites is 2. The number of ether oxygens (including phenoxy) is 1. The monoisotopic (exact) mass is 516 g/mol. The molecule has 4 rings (SSSR count). The van der Waals surface area contributed by atoms with Gasteiger partial charge >= 0.3 is 6.09 Å². The molecular formula is C23H25BrN4O3S. The molecule has 1 aliphatic heterocycles. The van der Waals surface area contributed by atoms with E-state index in [1.54, 1.807) is 7.11 Å². The first-order valence-corrected chi connectivity index (χ1v) is 12.3. The molecule has 2 aromatic carbocycles. The van der Waals surface area contributed by atoms with Gasteiger partial charge in [0.05, 0.1) is 18.1 Å². The summed E-state index contributed by atoms with van der Waals surface area (Å²) < 4.78 is 6.45. The number of carboxylic acid groups (broad SMARTS) is 1. The number of rotatable bonds is 7. The third-order valence-electron chi connectivity index (χ3n) is 5.51. The smallest absolute Gasteiger partial charge is 0.413 e. The van der Waals surface area contributed by atoms with Crippen molar-refractivity contribution in [2.45, 2.75) is 23.6 Å². The summed E-state index contributed by atoms with van der Waals surface area (Å²) in [5.41, 5.74) is 2.42. The van der Waals surface area contributed by atoms with E-state index in [1.165, 1.54) is 16.7 Å². The van der Waals surface area contributed by atoms with Crippen molar-refractivity contribution >= 4 is 50.6 Å². The molecule has 3 aromatic rings. The van der Waals surface area contributed by atoms with Gasteiger partial charge in [-0.25, -0.2) is 14.8 Å². The predicted octanol–water partition coefficient (Wildman–Crippen LogP) is 5.18. The summed E-state index contributed by atoms with van der Waals surface area (Å²) in [5, 5.41) is 14.0. The summed E-state index contributed by atoms with van der Waals surface area (Å²) in [6.07, 6.45) is 0.889. The molecule has 0 radical (unpaired) electrons. The molecule has 2 heterocycles. The summed E-state index contributed by atoms with van der Waals surface area (Å²) in [6.45, 7) is 2.23. The van der Waals surface area contributed by atoms with E-state index in [4.69, 9.17) is 14.7 Å². The fourth-order valence-electron chi connectivity index (χ4n) is 3.83. The van der Waals surface area contributed by atoms with Crippen molar-refractivity contribution in [2.24, 2.45) is 5.92 Å². The number of benzene rings is 2. The fraction of sp³-hybridized carbons (Fsp3) is 0.348. The van der Waals surface area contributed by atoms with Gasteiger partial charge in [-0.05, 0) is 62.2 Å². The molecule has 0 saturated carbocycles. The largest absolute Gasteiger partial charge is 0.496 e. The molecule has 0 atom stereocenters. The number of piperidine rings is 1. The third-order valence-corrected chi connectivity index (χ3v) is 7.01. The van der Waals surface area contributed by atoms with Crippen molar-refractivity contribution in [2.75, 3.05) is 31.6 Å². The van der Waals surface area contributed by atoms with Gasteiger partial charge in [-0.3, -0.25) is 4.90 Å². The minimum Gasteiger partial charge on any atom is -0.496 e. The number of anilines is 1. The van der Waals surface area contributed by atoms with Crippen LogP contribution in [-0.4, -0.2) is 47.9 Å². The van der Waals surface area contributed by atoms with Crippen molar-refractivity contribution in [1.82, 2.24) is 15.3 Å². The second kappa shape index (κ2) is 10.5. The van der Waals surface area contributed by atoms with Crippen LogP contribution in [0.25, 0.3) is 11.0 Å². The van der Waals surface area contributed by atoms with Crippen molar-refractivity contribution < 1.29 is 14.6 Å². The van der Waals surface area contributed by atoms with Crippen LogP contribution in [0.3, 0.4) is 0 Å². The Morgan fingerprint density at radius 3 is 2.62 bits per heavy atom. The number of hydrogen-bond acceptors (Lipinski definition) is 6. The highest BCUT2D eigenvalue weighted by atomic mass is 79.9.